The largest absolute Gasteiger partial charge is 0.477 e. The van der Waals surface area contributed by atoms with E-state index in [4.69, 9.17) is 9.84 Å². The van der Waals surface area contributed by atoms with Gasteiger partial charge in [-0.2, -0.15) is 0 Å². The summed E-state index contributed by atoms with van der Waals surface area (Å²) in [7, 11) is 0. The van der Waals surface area contributed by atoms with Crippen molar-refractivity contribution in [3.05, 3.63) is 36.0 Å². The number of carbonyl (C=O) groups is 1. The molecule has 2 N–H and O–H groups in total. The minimum absolute atomic E-state index is 0.0557. The quantitative estimate of drug-likeness (QED) is 0.882. The Morgan fingerprint density at radius 2 is 2.26 bits per heavy atom. The molecule has 1 unspecified atom stereocenters. The second-order valence-electron chi connectivity index (χ2n) is 4.58. The van der Waals surface area contributed by atoms with Gasteiger partial charge >= 0.3 is 5.97 Å². The highest BCUT2D eigenvalue weighted by atomic mass is 16.5. The third-order valence-electron chi connectivity index (χ3n) is 3.22. The number of pyridine rings is 1. The lowest BCUT2D eigenvalue weighted by Gasteiger charge is -2.15. The molecule has 19 heavy (non-hydrogen) atoms. The molecule has 5 heteroatoms. The van der Waals surface area contributed by atoms with Crippen LogP contribution in [0.15, 0.2) is 30.3 Å². The molecule has 1 aromatic heterocycles. The van der Waals surface area contributed by atoms with Gasteiger partial charge < -0.3 is 15.2 Å². The number of nitrogens with zero attached hydrogens (tertiary/aromatic N) is 1. The number of aromatic nitrogens is 1. The van der Waals surface area contributed by atoms with E-state index < -0.39 is 5.97 Å². The fourth-order valence-electron chi connectivity index (χ4n) is 2.27. The molecule has 0 spiro atoms. The van der Waals surface area contributed by atoms with E-state index in [1.54, 1.807) is 6.07 Å². The average molecular weight is 258 g/mol. The number of hydrogen-bond acceptors (Lipinski definition) is 4. The molecule has 0 saturated carbocycles. The summed E-state index contributed by atoms with van der Waals surface area (Å²) >= 11 is 0. The van der Waals surface area contributed by atoms with Crippen molar-refractivity contribution >= 4 is 22.6 Å². The molecule has 1 aliphatic heterocycles. The molecule has 5 nitrogen and oxygen atoms in total. The number of nitrogens with one attached hydrogen (secondary N) is 1. The van der Waals surface area contributed by atoms with E-state index in [1.165, 1.54) is 0 Å². The number of aromatic carboxylic acids is 1. The van der Waals surface area contributed by atoms with Crippen LogP contribution in [0.1, 0.15) is 16.9 Å². The molecule has 1 aromatic carbocycles. The van der Waals surface area contributed by atoms with Crippen molar-refractivity contribution in [1.29, 1.82) is 0 Å². The van der Waals surface area contributed by atoms with Crippen molar-refractivity contribution in [3.63, 3.8) is 0 Å². The van der Waals surface area contributed by atoms with Crippen LogP contribution in [0.25, 0.3) is 10.9 Å². The zero-order chi connectivity index (χ0) is 13.2. The lowest BCUT2D eigenvalue weighted by Crippen LogP contribution is -2.19. The summed E-state index contributed by atoms with van der Waals surface area (Å²) < 4.78 is 5.32. The Kier molecular flexibility index (Phi) is 3.05. The molecule has 1 fully saturated rings. The number of ether oxygens (including phenoxy) is 1. The lowest BCUT2D eigenvalue weighted by molar-refractivity contribution is 0.0691. The van der Waals surface area contributed by atoms with Gasteiger partial charge in [0, 0.05) is 17.7 Å². The van der Waals surface area contributed by atoms with Crippen LogP contribution >= 0.6 is 0 Å². The van der Waals surface area contributed by atoms with Gasteiger partial charge in [0.15, 0.2) is 5.69 Å². The summed E-state index contributed by atoms with van der Waals surface area (Å²) in [6.45, 7) is 1.39. The fraction of sp³-hybridized carbons (Fsp3) is 0.286. The van der Waals surface area contributed by atoms with Gasteiger partial charge in [-0.05, 0) is 18.6 Å². The molecule has 2 heterocycles. The molecule has 3 rings (SSSR count). The van der Waals surface area contributed by atoms with Crippen LogP contribution in [0.5, 0.6) is 0 Å². The number of benzene rings is 1. The van der Waals surface area contributed by atoms with E-state index in [2.05, 4.69) is 10.3 Å². The average Bonchev–Trinajstić information content (AvgIpc) is 2.91. The number of carboxylic acid groups (broad SMARTS) is 1. The first-order chi connectivity index (χ1) is 9.24. The summed E-state index contributed by atoms with van der Waals surface area (Å²) in [5, 5.41) is 13.4. The normalized spacial score (nSPS) is 18.6. The number of anilines is 1. The Labute approximate surface area is 110 Å². The zero-order valence-electron chi connectivity index (χ0n) is 10.3. The Hall–Kier alpha value is -2.14. The van der Waals surface area contributed by atoms with Gasteiger partial charge in [-0.1, -0.05) is 18.2 Å². The predicted octanol–water partition coefficient (Wildman–Crippen LogP) is 2.13. The van der Waals surface area contributed by atoms with Gasteiger partial charge in [0.1, 0.15) is 0 Å². The van der Waals surface area contributed by atoms with E-state index >= 15 is 0 Å². The van der Waals surface area contributed by atoms with Gasteiger partial charge in [-0.15, -0.1) is 0 Å². The van der Waals surface area contributed by atoms with E-state index in [-0.39, 0.29) is 11.7 Å². The van der Waals surface area contributed by atoms with Crippen LogP contribution in [0.2, 0.25) is 0 Å². The van der Waals surface area contributed by atoms with Crippen molar-refractivity contribution in [1.82, 2.24) is 4.98 Å². The van der Waals surface area contributed by atoms with Crippen LogP contribution < -0.4 is 5.32 Å². The maximum absolute atomic E-state index is 11.1. The molecule has 0 radical (unpaired) electrons. The number of fused-ring (bicyclic) bond motifs is 1. The first-order valence-electron chi connectivity index (χ1n) is 6.21. The van der Waals surface area contributed by atoms with Crippen LogP contribution in [0, 0.1) is 0 Å². The lowest BCUT2D eigenvalue weighted by atomic mass is 10.1. The predicted molar refractivity (Wildman–Crippen MR) is 71.5 cm³/mol. The van der Waals surface area contributed by atoms with Gasteiger partial charge in [-0.25, -0.2) is 9.78 Å². The molecule has 0 amide bonds. The third-order valence-corrected chi connectivity index (χ3v) is 3.22. The Morgan fingerprint density at radius 1 is 1.42 bits per heavy atom. The molecule has 98 valence electrons. The van der Waals surface area contributed by atoms with Crippen LogP contribution in [0.4, 0.5) is 5.69 Å². The molecule has 0 aliphatic carbocycles. The van der Waals surface area contributed by atoms with E-state index in [0.717, 1.165) is 24.1 Å². The van der Waals surface area contributed by atoms with E-state index in [1.807, 2.05) is 24.3 Å². The summed E-state index contributed by atoms with van der Waals surface area (Å²) in [5.41, 5.74) is 1.54. The van der Waals surface area contributed by atoms with Crippen molar-refractivity contribution in [2.75, 3.05) is 18.5 Å². The number of rotatable bonds is 3. The molecular formula is C14H14N2O3. The molecular weight excluding hydrogens is 244 g/mol. The SMILES string of the molecule is O=C(O)c1cc(NC2CCOC2)c2ccccc2n1. The number of hydrogen-bond donors (Lipinski definition) is 2. The highest BCUT2D eigenvalue weighted by Gasteiger charge is 2.17. The van der Waals surface area contributed by atoms with Gasteiger partial charge in [0.05, 0.1) is 18.2 Å². The topological polar surface area (TPSA) is 71.5 Å². The molecule has 2 aromatic rings. The van der Waals surface area contributed by atoms with E-state index in [0.29, 0.717) is 12.1 Å². The van der Waals surface area contributed by atoms with Gasteiger partial charge in [0.25, 0.3) is 0 Å². The first-order valence-corrected chi connectivity index (χ1v) is 6.21. The van der Waals surface area contributed by atoms with Crippen LogP contribution in [-0.2, 0) is 4.74 Å². The van der Waals surface area contributed by atoms with Crippen molar-refractivity contribution in [2.24, 2.45) is 0 Å². The Bertz CT molecular complexity index is 621. The zero-order valence-corrected chi connectivity index (χ0v) is 10.3. The second kappa shape index (κ2) is 4.85. The molecule has 1 atom stereocenters. The molecule has 1 saturated heterocycles. The van der Waals surface area contributed by atoms with Gasteiger partial charge in [0.2, 0.25) is 0 Å². The number of para-hydroxylation sites is 1. The monoisotopic (exact) mass is 258 g/mol. The smallest absolute Gasteiger partial charge is 0.354 e. The summed E-state index contributed by atoms with van der Waals surface area (Å²) in [4.78, 5) is 15.3. The van der Waals surface area contributed by atoms with E-state index in [9.17, 15) is 4.79 Å². The second-order valence-corrected chi connectivity index (χ2v) is 4.58. The van der Waals surface area contributed by atoms with Crippen molar-refractivity contribution < 1.29 is 14.6 Å². The third kappa shape index (κ3) is 2.37. The first kappa shape index (κ1) is 11.9. The molecule has 0 bridgehead atoms. The minimum atomic E-state index is -1.02. The molecule has 1 aliphatic rings. The number of carboxylic acids is 1. The van der Waals surface area contributed by atoms with Crippen LogP contribution in [-0.4, -0.2) is 35.3 Å². The Morgan fingerprint density at radius 3 is 3.00 bits per heavy atom. The van der Waals surface area contributed by atoms with Crippen molar-refractivity contribution in [3.8, 4) is 0 Å². The highest BCUT2D eigenvalue weighted by molar-refractivity contribution is 5.97. The van der Waals surface area contributed by atoms with Crippen molar-refractivity contribution in [2.45, 2.75) is 12.5 Å². The Balaban J connectivity index is 2.06. The highest BCUT2D eigenvalue weighted by Crippen LogP contribution is 2.25. The summed E-state index contributed by atoms with van der Waals surface area (Å²) in [6, 6.07) is 9.34. The fourth-order valence-corrected chi connectivity index (χ4v) is 2.27. The van der Waals surface area contributed by atoms with Crippen LogP contribution in [0.3, 0.4) is 0 Å². The summed E-state index contributed by atoms with van der Waals surface area (Å²) in [6.07, 6.45) is 0.930. The maximum atomic E-state index is 11.1. The summed E-state index contributed by atoms with van der Waals surface area (Å²) in [5.74, 6) is -1.02. The standard InChI is InChI=1S/C14H14N2O3/c17-14(18)13-7-12(15-9-5-6-19-8-9)10-3-1-2-4-11(10)16-13/h1-4,7,9H,5-6,8H2,(H,15,16)(H,17,18). The van der Waals surface area contributed by atoms with Gasteiger partial charge in [-0.3, -0.25) is 0 Å². The maximum Gasteiger partial charge on any atom is 0.354 e. The minimum Gasteiger partial charge on any atom is -0.477 e.